The third kappa shape index (κ3) is 5.27. The van der Waals surface area contributed by atoms with E-state index in [9.17, 15) is 13.2 Å². The highest BCUT2D eigenvalue weighted by Gasteiger charge is 2.13. The highest BCUT2D eigenvalue weighted by molar-refractivity contribution is 7.88. The molecule has 0 aromatic heterocycles. The number of amides is 1. The zero-order chi connectivity index (χ0) is 14.5. The van der Waals surface area contributed by atoms with Crippen molar-refractivity contribution in [3.05, 3.63) is 29.8 Å². The monoisotopic (exact) mass is 285 g/mol. The maximum atomic E-state index is 11.8. The molecule has 1 aromatic rings. The van der Waals surface area contributed by atoms with Gasteiger partial charge in [-0.3, -0.25) is 4.79 Å². The summed E-state index contributed by atoms with van der Waals surface area (Å²) in [4.78, 5) is 12.7. The molecule has 0 bridgehead atoms. The van der Waals surface area contributed by atoms with Crippen molar-refractivity contribution in [2.45, 2.75) is 12.2 Å². The van der Waals surface area contributed by atoms with Crippen LogP contribution in [0.25, 0.3) is 0 Å². The molecular weight excluding hydrogens is 266 g/mol. The first-order valence-electron chi connectivity index (χ1n) is 5.82. The van der Waals surface area contributed by atoms with Crippen LogP contribution in [0.3, 0.4) is 0 Å². The van der Waals surface area contributed by atoms with Crippen LogP contribution in [0.1, 0.15) is 12.0 Å². The van der Waals surface area contributed by atoms with Crippen molar-refractivity contribution in [3.63, 3.8) is 0 Å². The number of nitrogen functional groups attached to an aromatic ring is 1. The van der Waals surface area contributed by atoms with Gasteiger partial charge in [0.25, 0.3) is 0 Å². The summed E-state index contributed by atoms with van der Waals surface area (Å²) in [6.07, 6.45) is 0.135. The van der Waals surface area contributed by atoms with Gasteiger partial charge < -0.3 is 10.6 Å². The van der Waals surface area contributed by atoms with Crippen molar-refractivity contribution < 1.29 is 13.2 Å². The van der Waals surface area contributed by atoms with Gasteiger partial charge in [0.2, 0.25) is 15.9 Å². The molecule has 3 N–H and O–H groups in total. The van der Waals surface area contributed by atoms with Crippen LogP contribution >= 0.6 is 0 Å². The Hall–Kier alpha value is -1.60. The molecule has 0 radical (unpaired) electrons. The van der Waals surface area contributed by atoms with Crippen molar-refractivity contribution in [2.24, 2.45) is 0 Å². The Balaban J connectivity index is 2.54. The number of nitrogens with one attached hydrogen (secondary N) is 1. The SMILES string of the molecule is CN(C)C(=O)CCNS(=O)(=O)Cc1ccccc1N. The van der Waals surface area contributed by atoms with Gasteiger partial charge in [0.15, 0.2) is 0 Å². The number of rotatable bonds is 6. The first kappa shape index (κ1) is 15.5. The van der Waals surface area contributed by atoms with Gasteiger partial charge >= 0.3 is 0 Å². The highest BCUT2D eigenvalue weighted by Crippen LogP contribution is 2.13. The van der Waals surface area contributed by atoms with Crippen LogP contribution in [0, 0.1) is 0 Å². The Bertz CT molecular complexity index is 541. The fourth-order valence-electron chi connectivity index (χ4n) is 1.46. The number of para-hydroxylation sites is 1. The summed E-state index contributed by atoms with van der Waals surface area (Å²) in [7, 11) is -0.226. The summed E-state index contributed by atoms with van der Waals surface area (Å²) < 4.78 is 26.0. The lowest BCUT2D eigenvalue weighted by Crippen LogP contribution is -2.31. The lowest BCUT2D eigenvalue weighted by Gasteiger charge is -2.11. The van der Waals surface area contributed by atoms with Crippen LogP contribution in [0.15, 0.2) is 24.3 Å². The average Bonchev–Trinajstić information content (AvgIpc) is 2.31. The molecule has 0 heterocycles. The Morgan fingerprint density at radius 3 is 2.53 bits per heavy atom. The van der Waals surface area contributed by atoms with Gasteiger partial charge in [-0.25, -0.2) is 13.1 Å². The van der Waals surface area contributed by atoms with Crippen LogP contribution in [-0.2, 0) is 20.6 Å². The van der Waals surface area contributed by atoms with Crippen LogP contribution in [-0.4, -0.2) is 39.9 Å². The molecule has 0 fully saturated rings. The molecule has 0 atom stereocenters. The summed E-state index contributed by atoms with van der Waals surface area (Å²) in [6, 6.07) is 6.80. The van der Waals surface area contributed by atoms with Crippen molar-refractivity contribution in [2.75, 3.05) is 26.4 Å². The third-order valence-corrected chi connectivity index (χ3v) is 3.90. The highest BCUT2D eigenvalue weighted by atomic mass is 32.2. The number of sulfonamides is 1. The first-order chi connectivity index (χ1) is 8.82. The van der Waals surface area contributed by atoms with E-state index in [2.05, 4.69) is 4.72 Å². The van der Waals surface area contributed by atoms with Gasteiger partial charge in [-0.05, 0) is 11.6 Å². The molecule has 0 unspecified atom stereocenters. The van der Waals surface area contributed by atoms with E-state index < -0.39 is 10.0 Å². The largest absolute Gasteiger partial charge is 0.398 e. The number of anilines is 1. The summed E-state index contributed by atoms with van der Waals surface area (Å²) >= 11 is 0. The minimum absolute atomic E-state index is 0.0894. The molecule has 0 aliphatic carbocycles. The molecule has 106 valence electrons. The molecule has 1 amide bonds. The van der Waals surface area contributed by atoms with E-state index in [4.69, 9.17) is 5.73 Å². The van der Waals surface area contributed by atoms with Gasteiger partial charge in [0.05, 0.1) is 5.75 Å². The topological polar surface area (TPSA) is 92.5 Å². The third-order valence-electron chi connectivity index (χ3n) is 2.56. The fraction of sp³-hybridized carbons (Fsp3) is 0.417. The van der Waals surface area contributed by atoms with E-state index in [-0.39, 0.29) is 24.6 Å². The number of carbonyl (C=O) groups is 1. The van der Waals surface area contributed by atoms with E-state index in [1.54, 1.807) is 38.4 Å². The lowest BCUT2D eigenvalue weighted by molar-refractivity contribution is -0.128. The van der Waals surface area contributed by atoms with Crippen LogP contribution in [0.2, 0.25) is 0 Å². The summed E-state index contributed by atoms with van der Waals surface area (Å²) in [5.74, 6) is -0.308. The van der Waals surface area contributed by atoms with Crippen molar-refractivity contribution in [3.8, 4) is 0 Å². The van der Waals surface area contributed by atoms with Gasteiger partial charge in [0.1, 0.15) is 0 Å². The maximum absolute atomic E-state index is 11.8. The predicted octanol–water partition coefficient (Wildman–Crippen LogP) is 0.167. The molecule has 1 rings (SSSR count). The molecule has 0 aliphatic rings. The first-order valence-corrected chi connectivity index (χ1v) is 7.48. The maximum Gasteiger partial charge on any atom is 0.223 e. The molecule has 0 spiro atoms. The van der Waals surface area contributed by atoms with Gasteiger partial charge in [-0.2, -0.15) is 0 Å². The molecule has 0 aliphatic heterocycles. The predicted molar refractivity (Wildman–Crippen MR) is 74.8 cm³/mol. The van der Waals surface area contributed by atoms with Crippen LogP contribution in [0.5, 0.6) is 0 Å². The molecular formula is C12H19N3O3S. The minimum Gasteiger partial charge on any atom is -0.398 e. The summed E-state index contributed by atoms with van der Waals surface area (Å²) in [5.41, 5.74) is 6.68. The average molecular weight is 285 g/mol. The standard InChI is InChI=1S/C12H19N3O3S/c1-15(2)12(16)7-8-14-19(17,18)9-10-5-3-4-6-11(10)13/h3-6,14H,7-9,13H2,1-2H3. The second-order valence-electron chi connectivity index (χ2n) is 4.39. The number of nitrogens with two attached hydrogens (primary N) is 1. The molecule has 0 saturated carbocycles. The Morgan fingerprint density at radius 1 is 1.32 bits per heavy atom. The van der Waals surface area contributed by atoms with E-state index >= 15 is 0 Å². The number of hydrogen-bond acceptors (Lipinski definition) is 4. The summed E-state index contributed by atoms with van der Waals surface area (Å²) in [6.45, 7) is 0.0894. The van der Waals surface area contributed by atoms with E-state index in [0.717, 1.165) is 0 Å². The molecule has 0 saturated heterocycles. The number of benzene rings is 1. The zero-order valence-electron chi connectivity index (χ0n) is 11.1. The molecule has 1 aromatic carbocycles. The Morgan fingerprint density at radius 2 is 1.95 bits per heavy atom. The van der Waals surface area contributed by atoms with E-state index in [1.807, 2.05) is 0 Å². The normalized spacial score (nSPS) is 11.3. The number of nitrogens with zero attached hydrogens (tertiary/aromatic N) is 1. The van der Waals surface area contributed by atoms with Crippen molar-refractivity contribution in [1.29, 1.82) is 0 Å². The van der Waals surface area contributed by atoms with Crippen molar-refractivity contribution >= 4 is 21.6 Å². The molecule has 19 heavy (non-hydrogen) atoms. The van der Waals surface area contributed by atoms with Gasteiger partial charge in [0, 0.05) is 32.7 Å². The molecule has 6 nitrogen and oxygen atoms in total. The lowest BCUT2D eigenvalue weighted by atomic mass is 10.2. The van der Waals surface area contributed by atoms with Crippen molar-refractivity contribution in [1.82, 2.24) is 9.62 Å². The fourth-order valence-corrected chi connectivity index (χ4v) is 2.65. The van der Waals surface area contributed by atoms with Crippen LogP contribution < -0.4 is 10.5 Å². The second kappa shape index (κ2) is 6.53. The zero-order valence-corrected chi connectivity index (χ0v) is 11.9. The van der Waals surface area contributed by atoms with Gasteiger partial charge in [-0.15, -0.1) is 0 Å². The van der Waals surface area contributed by atoms with E-state index in [1.165, 1.54) is 4.90 Å². The Labute approximate surface area is 113 Å². The second-order valence-corrected chi connectivity index (χ2v) is 6.20. The quantitative estimate of drug-likeness (QED) is 0.729. The van der Waals surface area contributed by atoms with Crippen LogP contribution in [0.4, 0.5) is 5.69 Å². The summed E-state index contributed by atoms with van der Waals surface area (Å²) in [5, 5.41) is 0. The minimum atomic E-state index is -3.48. The smallest absolute Gasteiger partial charge is 0.223 e. The van der Waals surface area contributed by atoms with Gasteiger partial charge in [-0.1, -0.05) is 18.2 Å². The number of hydrogen-bond donors (Lipinski definition) is 2. The molecule has 7 heteroatoms. The van der Waals surface area contributed by atoms with E-state index in [0.29, 0.717) is 11.3 Å². The Kier molecular flexibility index (Phi) is 5.31. The number of carbonyl (C=O) groups excluding carboxylic acids is 1.